The standard InChI is InChI=1S/C16H15N3O/c1-2-12(10-19-8-7-17-11-19)13-3-5-15-14(9-13)4-6-16(20)18-15/h3-11H,2H2,1H3,(H,18,20)/b12-10+. The van der Waals surface area contributed by atoms with Gasteiger partial charge in [0.1, 0.15) is 0 Å². The molecule has 0 spiro atoms. The Labute approximate surface area is 116 Å². The first-order chi connectivity index (χ1) is 9.76. The number of pyridine rings is 1. The number of rotatable bonds is 3. The van der Waals surface area contributed by atoms with Crippen molar-refractivity contribution < 1.29 is 0 Å². The highest BCUT2D eigenvalue weighted by atomic mass is 16.1. The van der Waals surface area contributed by atoms with Crippen LogP contribution in [0.25, 0.3) is 22.7 Å². The second-order valence-corrected chi connectivity index (χ2v) is 4.64. The molecule has 0 atom stereocenters. The quantitative estimate of drug-likeness (QED) is 0.791. The molecule has 0 bridgehead atoms. The first kappa shape index (κ1) is 12.4. The molecule has 0 aliphatic heterocycles. The van der Waals surface area contributed by atoms with Gasteiger partial charge in [0.25, 0.3) is 0 Å². The van der Waals surface area contributed by atoms with E-state index in [1.807, 2.05) is 29.0 Å². The van der Waals surface area contributed by atoms with E-state index in [0.29, 0.717) is 0 Å². The van der Waals surface area contributed by atoms with E-state index in [4.69, 9.17) is 0 Å². The summed E-state index contributed by atoms with van der Waals surface area (Å²) >= 11 is 0. The second kappa shape index (κ2) is 5.17. The Morgan fingerprint density at radius 2 is 2.25 bits per heavy atom. The Hall–Kier alpha value is -2.62. The molecular weight excluding hydrogens is 250 g/mol. The lowest BCUT2D eigenvalue weighted by Gasteiger charge is -2.07. The number of fused-ring (bicyclic) bond motifs is 1. The van der Waals surface area contributed by atoms with Crippen LogP contribution < -0.4 is 5.56 Å². The molecule has 3 aromatic rings. The van der Waals surface area contributed by atoms with E-state index >= 15 is 0 Å². The average Bonchev–Trinajstić information content (AvgIpc) is 2.97. The third-order valence-corrected chi connectivity index (χ3v) is 3.31. The number of aromatic nitrogens is 3. The lowest BCUT2D eigenvalue weighted by atomic mass is 10.0. The molecule has 1 aromatic carbocycles. The molecule has 0 aliphatic carbocycles. The molecule has 0 unspecified atom stereocenters. The van der Waals surface area contributed by atoms with Gasteiger partial charge in [0.15, 0.2) is 0 Å². The molecule has 20 heavy (non-hydrogen) atoms. The summed E-state index contributed by atoms with van der Waals surface area (Å²) in [5.74, 6) is 0. The van der Waals surface area contributed by atoms with E-state index in [1.165, 1.54) is 5.57 Å². The number of H-pyrrole nitrogens is 1. The molecule has 0 radical (unpaired) electrons. The zero-order chi connectivity index (χ0) is 13.9. The van der Waals surface area contributed by atoms with Crippen LogP contribution in [0.3, 0.4) is 0 Å². The van der Waals surface area contributed by atoms with Crippen LogP contribution in [0, 0.1) is 0 Å². The summed E-state index contributed by atoms with van der Waals surface area (Å²) in [6, 6.07) is 9.48. The van der Waals surface area contributed by atoms with Gasteiger partial charge in [0.05, 0.1) is 6.33 Å². The van der Waals surface area contributed by atoms with Crippen LogP contribution >= 0.6 is 0 Å². The first-order valence-corrected chi connectivity index (χ1v) is 6.58. The Kier molecular flexibility index (Phi) is 3.21. The summed E-state index contributed by atoms with van der Waals surface area (Å²) in [5.41, 5.74) is 3.16. The van der Waals surface area contributed by atoms with Crippen molar-refractivity contribution in [1.82, 2.24) is 14.5 Å². The third-order valence-electron chi connectivity index (χ3n) is 3.31. The van der Waals surface area contributed by atoms with Gasteiger partial charge in [-0.15, -0.1) is 0 Å². The van der Waals surface area contributed by atoms with Gasteiger partial charge < -0.3 is 9.55 Å². The predicted octanol–water partition coefficient (Wildman–Crippen LogP) is 3.13. The first-order valence-electron chi connectivity index (χ1n) is 6.58. The predicted molar refractivity (Wildman–Crippen MR) is 81.3 cm³/mol. The Morgan fingerprint density at radius 1 is 1.35 bits per heavy atom. The van der Waals surface area contributed by atoms with Crippen molar-refractivity contribution in [3.8, 4) is 0 Å². The smallest absolute Gasteiger partial charge is 0.248 e. The maximum atomic E-state index is 11.3. The Bertz CT molecular complexity index is 813. The van der Waals surface area contributed by atoms with E-state index in [-0.39, 0.29) is 5.56 Å². The van der Waals surface area contributed by atoms with Crippen LogP contribution in [0.1, 0.15) is 18.9 Å². The highest BCUT2D eigenvalue weighted by Gasteiger charge is 2.02. The molecule has 3 rings (SSSR count). The van der Waals surface area contributed by atoms with Gasteiger partial charge >= 0.3 is 0 Å². The minimum Gasteiger partial charge on any atom is -0.322 e. The fourth-order valence-electron chi connectivity index (χ4n) is 2.25. The summed E-state index contributed by atoms with van der Waals surface area (Å²) < 4.78 is 1.94. The molecule has 2 aromatic heterocycles. The van der Waals surface area contributed by atoms with E-state index < -0.39 is 0 Å². The van der Waals surface area contributed by atoms with E-state index in [9.17, 15) is 4.79 Å². The van der Waals surface area contributed by atoms with Crippen molar-refractivity contribution in [3.63, 3.8) is 0 Å². The highest BCUT2D eigenvalue weighted by molar-refractivity contribution is 5.85. The van der Waals surface area contributed by atoms with Crippen molar-refractivity contribution in [2.45, 2.75) is 13.3 Å². The van der Waals surface area contributed by atoms with Crippen LogP contribution in [-0.4, -0.2) is 14.5 Å². The van der Waals surface area contributed by atoms with Crippen molar-refractivity contribution in [2.75, 3.05) is 0 Å². The van der Waals surface area contributed by atoms with Crippen LogP contribution in [0.15, 0.2) is 53.8 Å². The normalized spacial score (nSPS) is 11.9. The van der Waals surface area contributed by atoms with Crippen LogP contribution in [-0.2, 0) is 0 Å². The van der Waals surface area contributed by atoms with E-state index in [2.05, 4.69) is 29.2 Å². The molecule has 0 saturated carbocycles. The number of allylic oxidation sites excluding steroid dienone is 1. The van der Waals surface area contributed by atoms with Crippen molar-refractivity contribution in [3.05, 3.63) is 65.0 Å². The number of hydrogen-bond donors (Lipinski definition) is 1. The maximum absolute atomic E-state index is 11.3. The molecule has 4 heteroatoms. The molecule has 0 aliphatic rings. The molecule has 0 saturated heterocycles. The van der Waals surface area contributed by atoms with Gasteiger partial charge in [0.2, 0.25) is 5.56 Å². The summed E-state index contributed by atoms with van der Waals surface area (Å²) in [6.45, 7) is 2.12. The molecule has 2 heterocycles. The minimum absolute atomic E-state index is 0.0741. The van der Waals surface area contributed by atoms with E-state index in [0.717, 1.165) is 22.9 Å². The van der Waals surface area contributed by atoms with Gasteiger partial charge in [-0.2, -0.15) is 0 Å². The number of imidazole rings is 1. The largest absolute Gasteiger partial charge is 0.322 e. The summed E-state index contributed by atoms with van der Waals surface area (Å²) in [6.07, 6.45) is 8.43. The molecule has 4 nitrogen and oxygen atoms in total. The Balaban J connectivity index is 2.08. The van der Waals surface area contributed by atoms with Gasteiger partial charge in [-0.3, -0.25) is 4.79 Å². The number of nitrogens with zero attached hydrogens (tertiary/aromatic N) is 2. The van der Waals surface area contributed by atoms with Crippen LogP contribution in [0.5, 0.6) is 0 Å². The van der Waals surface area contributed by atoms with Crippen molar-refractivity contribution in [2.24, 2.45) is 0 Å². The zero-order valence-corrected chi connectivity index (χ0v) is 11.2. The van der Waals surface area contributed by atoms with Gasteiger partial charge in [0, 0.05) is 30.2 Å². The number of nitrogens with one attached hydrogen (secondary N) is 1. The fourth-order valence-corrected chi connectivity index (χ4v) is 2.25. The summed E-state index contributed by atoms with van der Waals surface area (Å²) in [7, 11) is 0. The monoisotopic (exact) mass is 265 g/mol. The number of hydrogen-bond acceptors (Lipinski definition) is 2. The SMILES string of the molecule is CC/C(=C\n1ccnc1)c1ccc2[nH]c(=O)ccc2c1. The summed E-state index contributed by atoms with van der Waals surface area (Å²) in [4.78, 5) is 18.2. The van der Waals surface area contributed by atoms with Crippen molar-refractivity contribution >= 4 is 22.7 Å². The molecular formula is C16H15N3O. The molecule has 0 amide bonds. The van der Waals surface area contributed by atoms with Crippen molar-refractivity contribution in [1.29, 1.82) is 0 Å². The topological polar surface area (TPSA) is 50.7 Å². The van der Waals surface area contributed by atoms with Gasteiger partial charge in [-0.25, -0.2) is 4.98 Å². The Morgan fingerprint density at radius 3 is 3.00 bits per heavy atom. The molecule has 0 fully saturated rings. The lowest BCUT2D eigenvalue weighted by Crippen LogP contribution is -2.02. The number of benzene rings is 1. The lowest BCUT2D eigenvalue weighted by molar-refractivity contribution is 1.12. The molecule has 1 N–H and O–H groups in total. The maximum Gasteiger partial charge on any atom is 0.248 e. The average molecular weight is 265 g/mol. The minimum atomic E-state index is -0.0741. The van der Waals surface area contributed by atoms with E-state index in [1.54, 1.807) is 18.6 Å². The number of aromatic amines is 1. The zero-order valence-electron chi connectivity index (χ0n) is 11.2. The highest BCUT2D eigenvalue weighted by Crippen LogP contribution is 2.22. The van der Waals surface area contributed by atoms with Gasteiger partial charge in [-0.05, 0) is 41.1 Å². The second-order valence-electron chi connectivity index (χ2n) is 4.64. The van der Waals surface area contributed by atoms with Crippen LogP contribution in [0.4, 0.5) is 0 Å². The van der Waals surface area contributed by atoms with Gasteiger partial charge in [-0.1, -0.05) is 13.0 Å². The third kappa shape index (κ3) is 2.40. The van der Waals surface area contributed by atoms with Crippen LogP contribution in [0.2, 0.25) is 0 Å². The fraction of sp³-hybridized carbons (Fsp3) is 0.125. The molecule has 100 valence electrons. The summed E-state index contributed by atoms with van der Waals surface area (Å²) in [5, 5.41) is 1.03.